The molecule has 0 bridgehead atoms. The molecule has 0 spiro atoms. The first-order chi connectivity index (χ1) is 12.1. The Kier molecular flexibility index (Phi) is 4.21. The minimum Gasteiger partial charge on any atom is -0.351 e. The van der Waals surface area contributed by atoms with E-state index in [1.807, 2.05) is 31.3 Å². The van der Waals surface area contributed by atoms with E-state index in [1.54, 1.807) is 4.90 Å². The van der Waals surface area contributed by atoms with Gasteiger partial charge in [0.25, 0.3) is 5.89 Å². The number of H-pyrrole nitrogens is 1. The maximum absolute atomic E-state index is 12.1. The molecule has 0 radical (unpaired) electrons. The van der Waals surface area contributed by atoms with E-state index < -0.39 is 0 Å². The van der Waals surface area contributed by atoms with Crippen molar-refractivity contribution < 1.29 is 9.32 Å². The van der Waals surface area contributed by atoms with Crippen LogP contribution in [0.15, 0.2) is 28.8 Å². The van der Waals surface area contributed by atoms with Crippen LogP contribution in [-0.2, 0) is 11.2 Å². The van der Waals surface area contributed by atoms with Gasteiger partial charge in [-0.1, -0.05) is 23.2 Å². The molecule has 25 heavy (non-hydrogen) atoms. The van der Waals surface area contributed by atoms with E-state index in [0.717, 1.165) is 35.9 Å². The Bertz CT molecular complexity index is 913. The number of amides is 1. The summed E-state index contributed by atoms with van der Waals surface area (Å²) in [6.07, 6.45) is 3.76. The molecular formula is C18H19ClN4O2. The number of carbonyl (C=O) groups is 1. The lowest BCUT2D eigenvalue weighted by atomic mass is 9.84. The molecule has 7 heteroatoms. The number of hydrogen-bond donors (Lipinski definition) is 1. The summed E-state index contributed by atoms with van der Waals surface area (Å²) in [5, 5.41) is 5.70. The van der Waals surface area contributed by atoms with Crippen molar-refractivity contribution in [2.45, 2.75) is 25.7 Å². The Morgan fingerprint density at radius 2 is 2.24 bits per heavy atom. The summed E-state index contributed by atoms with van der Waals surface area (Å²) < 4.78 is 5.35. The molecule has 0 atom stereocenters. The van der Waals surface area contributed by atoms with Gasteiger partial charge in [-0.15, -0.1) is 0 Å². The molecule has 2 aromatic heterocycles. The minimum atomic E-state index is 0.212. The van der Waals surface area contributed by atoms with Gasteiger partial charge >= 0.3 is 0 Å². The molecule has 1 fully saturated rings. The lowest BCUT2D eigenvalue weighted by Gasteiger charge is -2.28. The van der Waals surface area contributed by atoms with Gasteiger partial charge in [-0.3, -0.25) is 4.79 Å². The van der Waals surface area contributed by atoms with Crippen LogP contribution >= 0.6 is 11.6 Å². The van der Waals surface area contributed by atoms with Gasteiger partial charge < -0.3 is 14.4 Å². The minimum absolute atomic E-state index is 0.212. The van der Waals surface area contributed by atoms with Crippen LogP contribution in [0.5, 0.6) is 0 Å². The topological polar surface area (TPSA) is 75.0 Å². The van der Waals surface area contributed by atoms with Crippen LogP contribution in [0, 0.1) is 5.92 Å². The molecule has 0 aliphatic heterocycles. The van der Waals surface area contributed by atoms with Crippen LogP contribution in [0.2, 0.25) is 5.02 Å². The molecule has 1 N–H and O–H groups in total. The van der Waals surface area contributed by atoms with Crippen LogP contribution in [0.3, 0.4) is 0 Å². The molecule has 0 unspecified atom stereocenters. The van der Waals surface area contributed by atoms with E-state index in [0.29, 0.717) is 29.7 Å². The normalized spacial score (nSPS) is 14.6. The lowest BCUT2D eigenvalue weighted by molar-refractivity contribution is -0.136. The van der Waals surface area contributed by atoms with E-state index in [2.05, 4.69) is 15.1 Å². The fraction of sp³-hybridized carbons (Fsp3) is 0.389. The second-order valence-corrected chi connectivity index (χ2v) is 7.00. The predicted molar refractivity (Wildman–Crippen MR) is 95.3 cm³/mol. The summed E-state index contributed by atoms with van der Waals surface area (Å²) >= 11 is 6.01. The second kappa shape index (κ2) is 6.52. The van der Waals surface area contributed by atoms with Crippen molar-refractivity contribution in [1.82, 2.24) is 20.0 Å². The highest BCUT2D eigenvalue weighted by atomic mass is 35.5. The third-order valence-electron chi connectivity index (χ3n) is 4.78. The summed E-state index contributed by atoms with van der Waals surface area (Å²) in [4.78, 5) is 21.6. The molecular weight excluding hydrogens is 340 g/mol. The predicted octanol–water partition coefficient (Wildman–Crippen LogP) is 3.67. The quantitative estimate of drug-likeness (QED) is 0.755. The van der Waals surface area contributed by atoms with Crippen LogP contribution in [0.4, 0.5) is 0 Å². The van der Waals surface area contributed by atoms with Gasteiger partial charge in [0.15, 0.2) is 5.82 Å². The summed E-state index contributed by atoms with van der Waals surface area (Å²) in [5.74, 6) is 1.47. The number of hydrogen-bond acceptors (Lipinski definition) is 4. The zero-order chi connectivity index (χ0) is 17.4. The van der Waals surface area contributed by atoms with Gasteiger partial charge in [-0.05, 0) is 37.1 Å². The first kappa shape index (κ1) is 16.1. The summed E-state index contributed by atoms with van der Waals surface area (Å²) in [6, 6.07) is 7.57. The molecule has 1 saturated carbocycles. The van der Waals surface area contributed by atoms with Crippen molar-refractivity contribution in [3.05, 3.63) is 35.1 Å². The maximum atomic E-state index is 12.1. The van der Waals surface area contributed by atoms with E-state index in [9.17, 15) is 4.79 Å². The number of likely N-dealkylation sites (N-methyl/N-ethyl adjacent to an activating group) is 1. The fourth-order valence-corrected chi connectivity index (χ4v) is 3.21. The number of benzene rings is 1. The van der Waals surface area contributed by atoms with Crippen molar-refractivity contribution in [2.24, 2.45) is 5.92 Å². The highest BCUT2D eigenvalue weighted by Crippen LogP contribution is 2.28. The van der Waals surface area contributed by atoms with Crippen molar-refractivity contribution in [3.63, 3.8) is 0 Å². The zero-order valence-electron chi connectivity index (χ0n) is 14.0. The number of aromatic amines is 1. The maximum Gasteiger partial charge on any atom is 0.274 e. The Balaban J connectivity index is 1.43. The number of halogens is 1. The van der Waals surface area contributed by atoms with Gasteiger partial charge in [0, 0.05) is 41.9 Å². The highest BCUT2D eigenvalue weighted by Gasteiger charge is 2.27. The molecule has 1 aliphatic rings. The van der Waals surface area contributed by atoms with Crippen molar-refractivity contribution in [1.29, 1.82) is 0 Å². The molecule has 3 aromatic rings. The fourth-order valence-electron chi connectivity index (χ4n) is 3.03. The highest BCUT2D eigenvalue weighted by molar-refractivity contribution is 6.31. The Hall–Kier alpha value is -2.34. The third kappa shape index (κ3) is 3.26. The Labute approximate surface area is 150 Å². The van der Waals surface area contributed by atoms with E-state index >= 15 is 0 Å². The van der Waals surface area contributed by atoms with Gasteiger partial charge in [0.05, 0.1) is 0 Å². The first-order valence-electron chi connectivity index (χ1n) is 8.46. The summed E-state index contributed by atoms with van der Waals surface area (Å²) in [6.45, 7) is 0.594. The van der Waals surface area contributed by atoms with Crippen LogP contribution in [0.25, 0.3) is 22.5 Å². The number of carbonyl (C=O) groups excluding carboxylic acids is 1. The van der Waals surface area contributed by atoms with Gasteiger partial charge in [-0.25, -0.2) is 0 Å². The number of rotatable bonds is 5. The molecule has 0 saturated heterocycles. The Morgan fingerprint density at radius 3 is 3.00 bits per heavy atom. The molecule has 1 aliphatic carbocycles. The molecule has 6 nitrogen and oxygen atoms in total. The molecule has 130 valence electrons. The summed E-state index contributed by atoms with van der Waals surface area (Å²) in [5.41, 5.74) is 1.72. The zero-order valence-corrected chi connectivity index (χ0v) is 14.7. The van der Waals surface area contributed by atoms with Crippen molar-refractivity contribution in [3.8, 4) is 11.6 Å². The average Bonchev–Trinajstić information content (AvgIpc) is 3.16. The third-order valence-corrected chi connectivity index (χ3v) is 5.02. The van der Waals surface area contributed by atoms with Crippen LogP contribution < -0.4 is 0 Å². The van der Waals surface area contributed by atoms with Crippen molar-refractivity contribution in [2.75, 3.05) is 13.6 Å². The summed E-state index contributed by atoms with van der Waals surface area (Å²) in [7, 11) is 1.84. The van der Waals surface area contributed by atoms with Gasteiger partial charge in [-0.2, -0.15) is 4.98 Å². The Morgan fingerprint density at radius 1 is 1.40 bits per heavy atom. The molecule has 1 amide bonds. The first-order valence-corrected chi connectivity index (χ1v) is 8.84. The average molecular weight is 359 g/mol. The van der Waals surface area contributed by atoms with Gasteiger partial charge in [0.1, 0.15) is 5.69 Å². The molecule has 2 heterocycles. The monoisotopic (exact) mass is 358 g/mol. The van der Waals surface area contributed by atoms with E-state index in [-0.39, 0.29) is 11.8 Å². The number of nitrogens with zero attached hydrogens (tertiary/aromatic N) is 3. The number of nitrogens with one attached hydrogen (secondary N) is 1. The van der Waals surface area contributed by atoms with E-state index in [1.165, 1.54) is 0 Å². The second-order valence-electron chi connectivity index (χ2n) is 6.57. The standard InChI is InChI=1S/C18H19ClN4O2/c1-23(18(24)11-3-2-4-11)8-7-16-21-17(25-22-16)15-10-12-9-13(19)5-6-14(12)20-15/h5-6,9-11,20H,2-4,7-8H2,1H3. The van der Waals surface area contributed by atoms with Crippen LogP contribution in [0.1, 0.15) is 25.1 Å². The largest absolute Gasteiger partial charge is 0.351 e. The molecule has 1 aromatic carbocycles. The number of aromatic nitrogens is 3. The SMILES string of the molecule is CN(CCc1noc(-c2cc3cc(Cl)ccc3[nH]2)n1)C(=O)C1CCC1. The number of fused-ring (bicyclic) bond motifs is 1. The van der Waals surface area contributed by atoms with Gasteiger partial charge in [0.2, 0.25) is 5.91 Å². The lowest BCUT2D eigenvalue weighted by Crippen LogP contribution is -2.37. The molecule has 4 rings (SSSR count). The smallest absolute Gasteiger partial charge is 0.274 e. The van der Waals surface area contributed by atoms with Crippen LogP contribution in [-0.4, -0.2) is 39.5 Å². The van der Waals surface area contributed by atoms with E-state index in [4.69, 9.17) is 16.1 Å². The van der Waals surface area contributed by atoms with Crippen molar-refractivity contribution >= 4 is 28.4 Å².